The summed E-state index contributed by atoms with van der Waals surface area (Å²) in [4.78, 5) is 13.8. The first kappa shape index (κ1) is 11.7. The lowest BCUT2D eigenvalue weighted by Gasteiger charge is -2.32. The van der Waals surface area contributed by atoms with Crippen molar-refractivity contribution in [3.8, 4) is 11.5 Å². The number of aromatic hydroxyl groups is 2. The van der Waals surface area contributed by atoms with Gasteiger partial charge in [-0.15, -0.1) is 0 Å². The van der Waals surface area contributed by atoms with Crippen molar-refractivity contribution in [1.82, 2.24) is 10.2 Å². The fraction of sp³-hybridized carbons (Fsp3) is 0.417. The minimum Gasteiger partial charge on any atom is -0.504 e. The number of rotatable bonds is 1. The molecular weight excluding hydrogens is 220 g/mol. The highest BCUT2D eigenvalue weighted by molar-refractivity contribution is 5.97. The molecule has 0 saturated carbocycles. The number of nitrogens with one attached hydrogen (secondary N) is 1. The predicted molar refractivity (Wildman–Crippen MR) is 63.1 cm³/mol. The van der Waals surface area contributed by atoms with Crippen LogP contribution >= 0.6 is 0 Å². The molecule has 1 aromatic carbocycles. The molecule has 0 spiro atoms. The van der Waals surface area contributed by atoms with E-state index in [1.165, 1.54) is 12.1 Å². The molecule has 1 fully saturated rings. The van der Waals surface area contributed by atoms with Gasteiger partial charge in [0.25, 0.3) is 5.91 Å². The zero-order valence-corrected chi connectivity index (χ0v) is 9.68. The van der Waals surface area contributed by atoms with Gasteiger partial charge >= 0.3 is 0 Å². The lowest BCUT2D eigenvalue weighted by molar-refractivity contribution is 0.0705. The van der Waals surface area contributed by atoms with Crippen LogP contribution in [-0.4, -0.2) is 46.7 Å². The second kappa shape index (κ2) is 4.63. The number of piperazine rings is 1. The number of carbonyl (C=O) groups excluding carboxylic acids is 1. The summed E-state index contributed by atoms with van der Waals surface area (Å²) in [7, 11) is 0. The molecule has 3 N–H and O–H groups in total. The van der Waals surface area contributed by atoms with Crippen molar-refractivity contribution >= 4 is 5.91 Å². The number of benzene rings is 1. The molecule has 5 heteroatoms. The van der Waals surface area contributed by atoms with Crippen LogP contribution in [0.15, 0.2) is 18.2 Å². The summed E-state index contributed by atoms with van der Waals surface area (Å²) in [6.45, 7) is 3.96. The monoisotopic (exact) mass is 236 g/mol. The van der Waals surface area contributed by atoms with Crippen LogP contribution in [0.4, 0.5) is 0 Å². The summed E-state index contributed by atoms with van der Waals surface area (Å²) in [5.41, 5.74) is 0.152. The highest BCUT2D eigenvalue weighted by atomic mass is 16.3. The van der Waals surface area contributed by atoms with Crippen LogP contribution in [0.5, 0.6) is 11.5 Å². The Hall–Kier alpha value is -1.75. The zero-order chi connectivity index (χ0) is 12.4. The fourth-order valence-corrected chi connectivity index (χ4v) is 1.99. The van der Waals surface area contributed by atoms with Crippen LogP contribution in [0, 0.1) is 0 Å². The number of para-hydroxylation sites is 1. The van der Waals surface area contributed by atoms with Gasteiger partial charge in [0.2, 0.25) is 0 Å². The summed E-state index contributed by atoms with van der Waals surface area (Å²) < 4.78 is 0. The zero-order valence-electron chi connectivity index (χ0n) is 9.68. The Morgan fingerprint density at radius 2 is 2.24 bits per heavy atom. The molecule has 0 aliphatic carbocycles. The number of carbonyl (C=O) groups is 1. The average Bonchev–Trinajstić information content (AvgIpc) is 2.32. The Bertz CT molecular complexity index is 434. The SMILES string of the molecule is C[C@@H]1CN(C(=O)c2cccc(O)c2O)CCN1. The first-order valence-electron chi connectivity index (χ1n) is 5.63. The van der Waals surface area contributed by atoms with Gasteiger partial charge in [0.05, 0.1) is 5.56 Å². The molecule has 1 saturated heterocycles. The highest BCUT2D eigenvalue weighted by Crippen LogP contribution is 2.29. The quantitative estimate of drug-likeness (QED) is 0.622. The van der Waals surface area contributed by atoms with E-state index in [9.17, 15) is 15.0 Å². The van der Waals surface area contributed by atoms with Crippen LogP contribution in [0.25, 0.3) is 0 Å². The molecule has 0 bridgehead atoms. The Morgan fingerprint density at radius 3 is 2.94 bits per heavy atom. The molecule has 92 valence electrons. The molecule has 0 aromatic heterocycles. The molecule has 0 radical (unpaired) electrons. The molecule has 1 amide bonds. The van der Waals surface area contributed by atoms with Crippen LogP contribution in [-0.2, 0) is 0 Å². The summed E-state index contributed by atoms with van der Waals surface area (Å²) in [6.07, 6.45) is 0. The van der Waals surface area contributed by atoms with E-state index < -0.39 is 0 Å². The third-order valence-electron chi connectivity index (χ3n) is 2.90. The number of hydrogen-bond acceptors (Lipinski definition) is 4. The summed E-state index contributed by atoms with van der Waals surface area (Å²) >= 11 is 0. The van der Waals surface area contributed by atoms with Crippen LogP contribution in [0.2, 0.25) is 0 Å². The van der Waals surface area contributed by atoms with Crippen molar-refractivity contribution in [2.24, 2.45) is 0 Å². The van der Waals surface area contributed by atoms with E-state index in [0.29, 0.717) is 13.1 Å². The van der Waals surface area contributed by atoms with E-state index in [1.54, 1.807) is 11.0 Å². The topological polar surface area (TPSA) is 72.8 Å². The van der Waals surface area contributed by atoms with Crippen molar-refractivity contribution in [3.63, 3.8) is 0 Å². The van der Waals surface area contributed by atoms with E-state index in [2.05, 4.69) is 5.32 Å². The van der Waals surface area contributed by atoms with Gasteiger partial charge in [0, 0.05) is 25.7 Å². The van der Waals surface area contributed by atoms with Crippen molar-refractivity contribution in [3.05, 3.63) is 23.8 Å². The highest BCUT2D eigenvalue weighted by Gasteiger charge is 2.24. The van der Waals surface area contributed by atoms with Gasteiger partial charge in [-0.05, 0) is 19.1 Å². The molecule has 0 unspecified atom stereocenters. The van der Waals surface area contributed by atoms with Gasteiger partial charge in [0.1, 0.15) is 0 Å². The maximum atomic E-state index is 12.1. The van der Waals surface area contributed by atoms with E-state index >= 15 is 0 Å². The average molecular weight is 236 g/mol. The van der Waals surface area contributed by atoms with E-state index in [1.807, 2.05) is 6.92 Å². The van der Waals surface area contributed by atoms with Gasteiger partial charge in [0.15, 0.2) is 11.5 Å². The summed E-state index contributed by atoms with van der Waals surface area (Å²) in [5, 5.41) is 22.3. The third-order valence-corrected chi connectivity index (χ3v) is 2.90. The minimum absolute atomic E-state index is 0.152. The van der Waals surface area contributed by atoms with Gasteiger partial charge in [-0.25, -0.2) is 0 Å². The van der Waals surface area contributed by atoms with Gasteiger partial charge in [-0.1, -0.05) is 6.07 Å². The molecule has 1 heterocycles. The third kappa shape index (κ3) is 2.34. The molecular formula is C12H16N2O3. The first-order valence-corrected chi connectivity index (χ1v) is 5.63. The number of phenolic OH excluding ortho intramolecular Hbond substituents is 2. The molecule has 1 aliphatic heterocycles. The Morgan fingerprint density at radius 1 is 1.47 bits per heavy atom. The van der Waals surface area contributed by atoms with Crippen molar-refractivity contribution < 1.29 is 15.0 Å². The standard InChI is InChI=1S/C12H16N2O3/c1-8-7-14(6-5-13-8)12(17)9-3-2-4-10(15)11(9)16/h2-4,8,13,15-16H,5-7H2,1H3/t8-/m1/s1. The van der Waals surface area contributed by atoms with E-state index in [4.69, 9.17) is 0 Å². The van der Waals surface area contributed by atoms with Crippen molar-refractivity contribution in [1.29, 1.82) is 0 Å². The van der Waals surface area contributed by atoms with Gasteiger partial charge in [-0.2, -0.15) is 0 Å². The second-order valence-electron chi connectivity index (χ2n) is 4.28. The number of nitrogens with zero attached hydrogens (tertiary/aromatic N) is 1. The van der Waals surface area contributed by atoms with E-state index in [-0.39, 0.29) is 29.0 Å². The minimum atomic E-state index is -0.344. The van der Waals surface area contributed by atoms with Crippen LogP contribution in [0.3, 0.4) is 0 Å². The maximum Gasteiger partial charge on any atom is 0.257 e. The van der Waals surface area contributed by atoms with Crippen molar-refractivity contribution in [2.45, 2.75) is 13.0 Å². The molecule has 5 nitrogen and oxygen atoms in total. The van der Waals surface area contributed by atoms with Crippen LogP contribution < -0.4 is 5.32 Å². The van der Waals surface area contributed by atoms with Gasteiger partial charge < -0.3 is 20.4 Å². The Labute approximate surface area is 99.7 Å². The largest absolute Gasteiger partial charge is 0.504 e. The smallest absolute Gasteiger partial charge is 0.257 e. The van der Waals surface area contributed by atoms with Crippen LogP contribution in [0.1, 0.15) is 17.3 Å². The lowest BCUT2D eigenvalue weighted by Crippen LogP contribution is -2.51. The molecule has 1 atom stereocenters. The Kier molecular flexibility index (Phi) is 3.19. The first-order chi connectivity index (χ1) is 8.09. The molecule has 17 heavy (non-hydrogen) atoms. The Balaban J connectivity index is 2.22. The number of phenols is 2. The van der Waals surface area contributed by atoms with Gasteiger partial charge in [-0.3, -0.25) is 4.79 Å². The number of hydrogen-bond donors (Lipinski definition) is 3. The molecule has 1 aliphatic rings. The maximum absolute atomic E-state index is 12.1. The second-order valence-corrected chi connectivity index (χ2v) is 4.28. The van der Waals surface area contributed by atoms with E-state index in [0.717, 1.165) is 6.54 Å². The molecule has 1 aromatic rings. The van der Waals surface area contributed by atoms with Crippen molar-refractivity contribution in [2.75, 3.05) is 19.6 Å². The lowest BCUT2D eigenvalue weighted by atomic mass is 10.1. The molecule has 2 rings (SSSR count). The number of amides is 1. The fourth-order valence-electron chi connectivity index (χ4n) is 1.99. The summed E-state index contributed by atoms with van der Waals surface area (Å²) in [5.74, 6) is -0.852. The normalized spacial score (nSPS) is 20.3. The predicted octanol–water partition coefficient (Wildman–Crippen LogP) is 0.532. The summed E-state index contributed by atoms with van der Waals surface area (Å²) in [6, 6.07) is 4.66.